The number of carboxylic acids is 2. The Morgan fingerprint density at radius 3 is 2.81 bits per heavy atom. The number of ether oxygens (including phenoxy) is 1. The molecule has 0 spiro atoms. The van der Waals surface area contributed by atoms with E-state index in [1.54, 1.807) is 6.07 Å². The second-order valence-corrected chi connectivity index (χ2v) is 8.55. The third-order valence-corrected chi connectivity index (χ3v) is 7.03. The van der Waals surface area contributed by atoms with E-state index < -0.39 is 41.3 Å². The van der Waals surface area contributed by atoms with E-state index >= 15 is 0 Å². The number of tetrazole rings is 1. The smallest absolute Gasteiger partial charge is 0.352 e. The van der Waals surface area contributed by atoms with Crippen LogP contribution in [-0.4, -0.2) is 88.8 Å². The summed E-state index contributed by atoms with van der Waals surface area (Å²) >= 11 is 2.31. The topological polar surface area (TPSA) is 201 Å². The van der Waals surface area contributed by atoms with E-state index in [0.29, 0.717) is 10.7 Å². The molecule has 3 heterocycles. The van der Waals surface area contributed by atoms with Crippen LogP contribution in [0.15, 0.2) is 16.4 Å². The summed E-state index contributed by atoms with van der Waals surface area (Å²) in [5, 5.41) is 40.2. The van der Waals surface area contributed by atoms with Gasteiger partial charge in [-0.3, -0.25) is 19.3 Å². The van der Waals surface area contributed by atoms with E-state index in [0.717, 1.165) is 16.7 Å². The van der Waals surface area contributed by atoms with Gasteiger partial charge in [-0.05, 0) is 16.0 Å². The number of methoxy groups -OCH3 is 1. The van der Waals surface area contributed by atoms with Crippen LogP contribution >= 0.6 is 23.5 Å². The zero-order chi connectivity index (χ0) is 23.5. The van der Waals surface area contributed by atoms with Crippen LogP contribution in [0.1, 0.15) is 12.8 Å². The highest BCUT2D eigenvalue weighted by molar-refractivity contribution is 8.01. The average Bonchev–Trinajstić information content (AvgIpc) is 3.21. The number of carbonyl (C=O) groups is 4. The van der Waals surface area contributed by atoms with Crippen LogP contribution in [0, 0.1) is 11.3 Å². The first-order valence-corrected chi connectivity index (χ1v) is 11.0. The molecule has 0 aromatic carbocycles. The van der Waals surface area contributed by atoms with Gasteiger partial charge in [-0.1, -0.05) is 11.8 Å². The van der Waals surface area contributed by atoms with Crippen LogP contribution in [0.5, 0.6) is 0 Å². The van der Waals surface area contributed by atoms with E-state index in [1.165, 1.54) is 23.6 Å². The van der Waals surface area contributed by atoms with Crippen LogP contribution in [0.3, 0.4) is 0 Å². The number of aliphatic carboxylic acids is 2. The molecule has 1 aromatic rings. The van der Waals surface area contributed by atoms with Crippen LogP contribution < -0.4 is 5.32 Å². The molecule has 2 atom stereocenters. The predicted molar refractivity (Wildman–Crippen MR) is 107 cm³/mol. The summed E-state index contributed by atoms with van der Waals surface area (Å²) in [6.45, 7) is 0.0513. The Morgan fingerprint density at radius 1 is 1.44 bits per heavy atom. The molecule has 0 bridgehead atoms. The Kier molecular flexibility index (Phi) is 7.01. The third-order valence-electron chi connectivity index (χ3n) is 4.61. The number of thioether (sulfide) groups is 2. The molecule has 32 heavy (non-hydrogen) atoms. The molecule has 170 valence electrons. The number of hydrogen-bond acceptors (Lipinski definition) is 11. The zero-order valence-corrected chi connectivity index (χ0v) is 18.2. The van der Waals surface area contributed by atoms with Gasteiger partial charge in [-0.15, -0.1) is 16.9 Å². The number of carbonyl (C=O) groups excluding carboxylic acids is 2. The largest absolute Gasteiger partial charge is 0.481 e. The lowest BCUT2D eigenvalue weighted by Crippen LogP contribution is -2.80. The molecule has 1 fully saturated rings. The number of fused-ring (bicyclic) bond motifs is 1. The summed E-state index contributed by atoms with van der Waals surface area (Å²) in [5.41, 5.74) is -1.55. The van der Waals surface area contributed by atoms with Crippen molar-refractivity contribution in [3.63, 3.8) is 0 Å². The molecule has 0 aliphatic carbocycles. The molecule has 1 saturated heterocycles. The van der Waals surface area contributed by atoms with Crippen molar-refractivity contribution in [1.82, 2.24) is 30.4 Å². The lowest BCUT2D eigenvalue weighted by molar-refractivity contribution is -0.192. The van der Waals surface area contributed by atoms with Crippen molar-refractivity contribution in [2.24, 2.45) is 0 Å². The molecular weight excluding hydrogens is 466 g/mol. The van der Waals surface area contributed by atoms with Gasteiger partial charge in [0.2, 0.25) is 11.1 Å². The molecule has 2 aliphatic rings. The molecule has 0 saturated carbocycles. The number of rotatable bonds is 10. The van der Waals surface area contributed by atoms with Crippen LogP contribution in [0.25, 0.3) is 0 Å². The minimum Gasteiger partial charge on any atom is -0.481 e. The number of aromatic nitrogens is 4. The maximum atomic E-state index is 12.9. The first kappa shape index (κ1) is 23.5. The number of hydrogen-bond donors (Lipinski definition) is 3. The summed E-state index contributed by atoms with van der Waals surface area (Å²) in [7, 11) is 1.22. The number of amides is 2. The molecule has 0 unspecified atom stereocenters. The second kappa shape index (κ2) is 9.54. The number of nitriles is 1. The first-order valence-electron chi connectivity index (χ1n) is 8.99. The molecular formula is C16H17N7O7S2. The van der Waals surface area contributed by atoms with Crippen molar-refractivity contribution < 1.29 is 34.1 Å². The molecule has 3 rings (SSSR count). The normalized spacial score (nSPS) is 22.1. The summed E-state index contributed by atoms with van der Waals surface area (Å²) in [6.07, 6.45) is -0.659. The minimum atomic E-state index is -1.75. The second-order valence-electron chi connectivity index (χ2n) is 6.54. The maximum Gasteiger partial charge on any atom is 0.352 e. The summed E-state index contributed by atoms with van der Waals surface area (Å²) in [4.78, 5) is 48.6. The van der Waals surface area contributed by atoms with Gasteiger partial charge in [-0.2, -0.15) is 5.26 Å². The third kappa shape index (κ3) is 4.26. The van der Waals surface area contributed by atoms with Crippen LogP contribution in [-0.2, 0) is 30.5 Å². The maximum absolute atomic E-state index is 12.9. The van der Waals surface area contributed by atoms with Crippen molar-refractivity contribution in [2.45, 2.75) is 35.6 Å². The lowest BCUT2D eigenvalue weighted by atomic mass is 9.98. The fraction of sp³-hybridized carbons (Fsp3) is 0.500. The fourth-order valence-electron chi connectivity index (χ4n) is 3.17. The van der Waals surface area contributed by atoms with E-state index in [-0.39, 0.29) is 30.2 Å². The average molecular weight is 483 g/mol. The number of nitrogens with one attached hydrogen (secondary N) is 1. The van der Waals surface area contributed by atoms with Crippen molar-refractivity contribution in [3.05, 3.63) is 11.3 Å². The van der Waals surface area contributed by atoms with E-state index in [1.807, 2.05) is 0 Å². The zero-order valence-electron chi connectivity index (χ0n) is 16.5. The highest BCUT2D eigenvalue weighted by Gasteiger charge is 2.66. The van der Waals surface area contributed by atoms with E-state index in [9.17, 15) is 24.3 Å². The first-order chi connectivity index (χ1) is 15.2. The summed E-state index contributed by atoms with van der Waals surface area (Å²) < 4.78 is 6.56. The Labute approximate surface area is 188 Å². The van der Waals surface area contributed by atoms with Crippen LogP contribution in [0.4, 0.5) is 0 Å². The fourth-order valence-corrected chi connectivity index (χ4v) is 5.65. The summed E-state index contributed by atoms with van der Waals surface area (Å²) in [6, 6.07) is 1.68. The van der Waals surface area contributed by atoms with Gasteiger partial charge in [0.1, 0.15) is 17.5 Å². The Balaban J connectivity index is 1.79. The standard InChI is InChI=1S/C16H17N7O7S2/c1-30-16(18-9(24)2-4-17)13(29)23-11(12(27)28)8(6-31-14(16)23)7-32-15-19-20-21-22(15)5-3-10(25)26/h14H,2-3,5-7H2,1H3,(H,18,24)(H,25,26)(H,27,28)/t14-,16+/m1/s1. The number of β-lactam (4-membered cyclic amide) rings is 1. The SMILES string of the molecule is CO[C@@]1(NC(=O)CC#N)C(=O)N2C(C(=O)O)=C(CSc3nnnn3CCC(=O)O)CS[C@@H]21. The van der Waals surface area contributed by atoms with Gasteiger partial charge in [0.25, 0.3) is 11.6 Å². The Bertz CT molecular complexity index is 1040. The molecule has 0 radical (unpaired) electrons. The number of aryl methyl sites for hydroxylation is 1. The van der Waals surface area contributed by atoms with Crippen molar-refractivity contribution >= 4 is 47.3 Å². The lowest BCUT2D eigenvalue weighted by Gasteiger charge is -2.55. The van der Waals surface area contributed by atoms with Gasteiger partial charge in [0.15, 0.2) is 0 Å². The van der Waals surface area contributed by atoms with Crippen molar-refractivity contribution in [3.8, 4) is 6.07 Å². The van der Waals surface area contributed by atoms with Gasteiger partial charge in [0, 0.05) is 18.6 Å². The molecule has 16 heteroatoms. The van der Waals surface area contributed by atoms with Crippen molar-refractivity contribution in [2.75, 3.05) is 18.6 Å². The Morgan fingerprint density at radius 2 is 2.19 bits per heavy atom. The van der Waals surface area contributed by atoms with Gasteiger partial charge in [0.05, 0.1) is 19.0 Å². The van der Waals surface area contributed by atoms with Crippen LogP contribution in [0.2, 0.25) is 0 Å². The molecule has 14 nitrogen and oxygen atoms in total. The number of nitrogens with zero attached hydrogens (tertiary/aromatic N) is 6. The monoisotopic (exact) mass is 483 g/mol. The van der Waals surface area contributed by atoms with Gasteiger partial charge >= 0.3 is 11.9 Å². The molecule has 3 N–H and O–H groups in total. The van der Waals surface area contributed by atoms with E-state index in [2.05, 4.69) is 20.8 Å². The minimum absolute atomic E-state index is 0.0513. The molecule has 1 aromatic heterocycles. The molecule has 2 amide bonds. The highest BCUT2D eigenvalue weighted by atomic mass is 32.2. The molecule has 2 aliphatic heterocycles. The van der Waals surface area contributed by atoms with Crippen molar-refractivity contribution in [1.29, 1.82) is 5.26 Å². The van der Waals surface area contributed by atoms with Gasteiger partial charge < -0.3 is 20.3 Å². The van der Waals surface area contributed by atoms with E-state index in [4.69, 9.17) is 15.1 Å². The number of carboxylic acid groups (broad SMARTS) is 2. The summed E-state index contributed by atoms with van der Waals surface area (Å²) in [5.74, 6) is -3.44. The van der Waals surface area contributed by atoms with Gasteiger partial charge in [-0.25, -0.2) is 9.48 Å². The highest BCUT2D eigenvalue weighted by Crippen LogP contribution is 2.47. The Hall–Kier alpha value is -3.16. The predicted octanol–water partition coefficient (Wildman–Crippen LogP) is -1.13. The quantitative estimate of drug-likeness (QED) is 0.205.